The fourth-order valence-electron chi connectivity index (χ4n) is 2.66. The van der Waals surface area contributed by atoms with Gasteiger partial charge in [0.05, 0.1) is 6.10 Å². The number of carbonyl (C=O) groups is 1. The van der Waals surface area contributed by atoms with Crippen LogP contribution in [0.25, 0.3) is 0 Å². The Morgan fingerprint density at radius 1 is 1.53 bits per heavy atom. The number of nitrogens with one attached hydrogen (secondary N) is 1. The van der Waals surface area contributed by atoms with Crippen molar-refractivity contribution in [3.63, 3.8) is 0 Å². The number of rotatable bonds is 3. The lowest BCUT2D eigenvalue weighted by molar-refractivity contribution is -0.136. The quantitative estimate of drug-likeness (QED) is 0.855. The molecule has 2 fully saturated rings. The third kappa shape index (κ3) is 4.81. The third-order valence-corrected chi connectivity index (χ3v) is 5.10. The minimum atomic E-state index is 0. The van der Waals surface area contributed by atoms with E-state index in [1.54, 1.807) is 7.11 Å². The van der Waals surface area contributed by atoms with Crippen LogP contribution in [0.4, 0.5) is 0 Å². The van der Waals surface area contributed by atoms with Gasteiger partial charge in [0.1, 0.15) is 0 Å². The van der Waals surface area contributed by atoms with Crippen LogP contribution >= 0.6 is 24.2 Å². The lowest BCUT2D eigenvalue weighted by atomic mass is 9.95. The maximum atomic E-state index is 12.3. The number of hydrogen-bond acceptors (Lipinski definition) is 4. The molecule has 2 rings (SSSR count). The summed E-state index contributed by atoms with van der Waals surface area (Å²) in [6, 6.07) is 0.358. The van der Waals surface area contributed by atoms with E-state index in [0.717, 1.165) is 37.6 Å². The topological polar surface area (TPSA) is 41.6 Å². The lowest BCUT2D eigenvalue weighted by Crippen LogP contribution is -2.49. The summed E-state index contributed by atoms with van der Waals surface area (Å²) < 4.78 is 5.46. The van der Waals surface area contributed by atoms with Crippen molar-refractivity contribution >= 4 is 30.1 Å². The molecule has 0 aromatic carbocycles. The number of piperidine rings is 1. The summed E-state index contributed by atoms with van der Waals surface area (Å²) in [7, 11) is 1.74. The van der Waals surface area contributed by atoms with Crippen molar-refractivity contribution in [2.24, 2.45) is 5.92 Å². The number of amides is 1. The number of nitrogens with zero attached hydrogens (tertiary/aromatic N) is 1. The Morgan fingerprint density at radius 2 is 2.32 bits per heavy atom. The first kappa shape index (κ1) is 17.1. The van der Waals surface area contributed by atoms with Crippen LogP contribution < -0.4 is 5.32 Å². The van der Waals surface area contributed by atoms with Crippen LogP contribution in [0.1, 0.15) is 19.8 Å². The molecule has 3 unspecified atom stereocenters. The van der Waals surface area contributed by atoms with Crippen molar-refractivity contribution in [1.29, 1.82) is 0 Å². The second-order valence-corrected chi connectivity index (χ2v) is 6.46. The zero-order valence-corrected chi connectivity index (χ0v) is 13.4. The fraction of sp³-hybridized carbons (Fsp3) is 0.923. The van der Waals surface area contributed by atoms with Crippen LogP contribution in [0.5, 0.6) is 0 Å². The largest absolute Gasteiger partial charge is 0.379 e. The van der Waals surface area contributed by atoms with Crippen LogP contribution in [0, 0.1) is 5.92 Å². The smallest absolute Gasteiger partial charge is 0.224 e. The molecule has 0 bridgehead atoms. The second kappa shape index (κ2) is 8.35. The Bertz CT molecular complexity index is 288. The first-order valence-electron chi connectivity index (χ1n) is 6.82. The van der Waals surface area contributed by atoms with Gasteiger partial charge in [-0.05, 0) is 12.3 Å². The molecule has 0 aromatic heterocycles. The van der Waals surface area contributed by atoms with E-state index in [0.29, 0.717) is 18.4 Å². The predicted molar refractivity (Wildman–Crippen MR) is 82.1 cm³/mol. The van der Waals surface area contributed by atoms with Gasteiger partial charge < -0.3 is 15.0 Å². The van der Waals surface area contributed by atoms with Gasteiger partial charge in [0, 0.05) is 50.7 Å². The number of thioether (sulfide) groups is 1. The second-order valence-electron chi connectivity index (χ2n) is 5.31. The molecule has 1 N–H and O–H groups in total. The van der Waals surface area contributed by atoms with E-state index in [1.807, 2.05) is 16.7 Å². The van der Waals surface area contributed by atoms with Crippen LogP contribution in [0.3, 0.4) is 0 Å². The van der Waals surface area contributed by atoms with Gasteiger partial charge in [0.2, 0.25) is 5.91 Å². The van der Waals surface area contributed by atoms with Crippen molar-refractivity contribution in [2.75, 3.05) is 38.2 Å². The molecule has 1 amide bonds. The van der Waals surface area contributed by atoms with Crippen molar-refractivity contribution in [3.05, 3.63) is 0 Å². The molecule has 2 aliphatic heterocycles. The number of methoxy groups -OCH3 is 1. The SMILES string of the molecule is COC1CN(C(=O)CC2CSCCN2)CCC1C.Cl. The highest BCUT2D eigenvalue weighted by Gasteiger charge is 2.29. The molecule has 2 heterocycles. The first-order valence-corrected chi connectivity index (χ1v) is 7.98. The average Bonchev–Trinajstić information content (AvgIpc) is 2.40. The maximum Gasteiger partial charge on any atom is 0.224 e. The molecule has 0 spiro atoms. The summed E-state index contributed by atoms with van der Waals surface area (Å²) >= 11 is 1.94. The molecule has 19 heavy (non-hydrogen) atoms. The number of halogens is 1. The van der Waals surface area contributed by atoms with Gasteiger partial charge in [-0.15, -0.1) is 12.4 Å². The van der Waals surface area contributed by atoms with E-state index in [-0.39, 0.29) is 24.4 Å². The zero-order valence-electron chi connectivity index (χ0n) is 11.8. The number of hydrogen-bond donors (Lipinski definition) is 1. The highest BCUT2D eigenvalue weighted by molar-refractivity contribution is 7.99. The summed E-state index contributed by atoms with van der Waals surface area (Å²) in [4.78, 5) is 14.2. The van der Waals surface area contributed by atoms with Gasteiger partial charge in [0.15, 0.2) is 0 Å². The van der Waals surface area contributed by atoms with E-state index in [4.69, 9.17) is 4.74 Å². The number of ether oxygens (including phenoxy) is 1. The minimum absolute atomic E-state index is 0. The monoisotopic (exact) mass is 308 g/mol. The number of likely N-dealkylation sites (tertiary alicyclic amines) is 1. The van der Waals surface area contributed by atoms with E-state index >= 15 is 0 Å². The van der Waals surface area contributed by atoms with Crippen molar-refractivity contribution < 1.29 is 9.53 Å². The third-order valence-electron chi connectivity index (χ3n) is 3.96. The summed E-state index contributed by atoms with van der Waals surface area (Å²) in [6.07, 6.45) is 1.89. The Labute approximate surface area is 126 Å². The highest BCUT2D eigenvalue weighted by atomic mass is 35.5. The van der Waals surface area contributed by atoms with Gasteiger partial charge in [-0.2, -0.15) is 11.8 Å². The van der Waals surface area contributed by atoms with Gasteiger partial charge in [-0.3, -0.25) is 4.79 Å². The van der Waals surface area contributed by atoms with E-state index in [1.165, 1.54) is 0 Å². The highest BCUT2D eigenvalue weighted by Crippen LogP contribution is 2.21. The molecule has 2 aliphatic rings. The van der Waals surface area contributed by atoms with Crippen molar-refractivity contribution in [1.82, 2.24) is 10.2 Å². The van der Waals surface area contributed by atoms with Crippen molar-refractivity contribution in [2.45, 2.75) is 31.9 Å². The lowest BCUT2D eigenvalue weighted by Gasteiger charge is -2.37. The molecular weight excluding hydrogens is 284 g/mol. The Hall–Kier alpha value is 0.0300. The molecule has 0 aliphatic carbocycles. The van der Waals surface area contributed by atoms with E-state index in [9.17, 15) is 4.79 Å². The summed E-state index contributed by atoms with van der Waals surface area (Å²) in [5.74, 6) is 3.06. The standard InChI is InChI=1S/C13H24N2O2S.ClH/c1-10-3-5-15(8-12(10)17-2)13(16)7-11-9-18-6-4-14-11;/h10-12,14H,3-9H2,1-2H3;1H. The zero-order chi connectivity index (χ0) is 13.0. The predicted octanol–water partition coefficient (Wildman–Crippen LogP) is 1.39. The molecule has 3 atom stereocenters. The summed E-state index contributed by atoms with van der Waals surface area (Å²) in [5.41, 5.74) is 0. The first-order chi connectivity index (χ1) is 8.70. The van der Waals surface area contributed by atoms with Crippen LogP contribution in [0.15, 0.2) is 0 Å². The molecular formula is C13H25ClN2O2S. The number of carbonyl (C=O) groups excluding carboxylic acids is 1. The summed E-state index contributed by atoms with van der Waals surface area (Å²) in [6.45, 7) is 4.88. The van der Waals surface area contributed by atoms with Gasteiger partial charge in [-0.1, -0.05) is 6.92 Å². The van der Waals surface area contributed by atoms with Crippen molar-refractivity contribution in [3.8, 4) is 0 Å². The Morgan fingerprint density at radius 3 is 2.95 bits per heavy atom. The molecule has 2 saturated heterocycles. The minimum Gasteiger partial charge on any atom is -0.379 e. The van der Waals surface area contributed by atoms with Crippen LogP contribution in [-0.2, 0) is 9.53 Å². The Kier molecular flexibility index (Phi) is 7.50. The van der Waals surface area contributed by atoms with Crippen LogP contribution in [0.2, 0.25) is 0 Å². The molecule has 6 heteroatoms. The maximum absolute atomic E-state index is 12.3. The van der Waals surface area contributed by atoms with Gasteiger partial charge in [0.25, 0.3) is 0 Å². The molecule has 4 nitrogen and oxygen atoms in total. The molecule has 0 radical (unpaired) electrons. The molecule has 0 aromatic rings. The van der Waals surface area contributed by atoms with Gasteiger partial charge in [-0.25, -0.2) is 0 Å². The van der Waals surface area contributed by atoms with Crippen LogP contribution in [-0.4, -0.2) is 61.2 Å². The summed E-state index contributed by atoms with van der Waals surface area (Å²) in [5, 5.41) is 3.42. The fourth-order valence-corrected chi connectivity index (χ4v) is 3.61. The van der Waals surface area contributed by atoms with Gasteiger partial charge >= 0.3 is 0 Å². The van der Waals surface area contributed by atoms with E-state index in [2.05, 4.69) is 12.2 Å². The van der Waals surface area contributed by atoms with E-state index < -0.39 is 0 Å². The molecule has 112 valence electrons. The normalized spacial score (nSPS) is 31.7. The average molecular weight is 309 g/mol. The molecule has 0 saturated carbocycles. The Balaban J connectivity index is 0.00000180.